The van der Waals surface area contributed by atoms with Gasteiger partial charge in [0.1, 0.15) is 5.75 Å². The van der Waals surface area contributed by atoms with Gasteiger partial charge < -0.3 is 10.5 Å². The SMILES string of the molecule is C[C@H](N)c1ccccc1OCCc1cccnc1. The molecule has 0 fully saturated rings. The number of nitrogens with zero attached hydrogens (tertiary/aromatic N) is 1. The van der Waals surface area contributed by atoms with Gasteiger partial charge in [0.05, 0.1) is 6.61 Å². The van der Waals surface area contributed by atoms with Gasteiger partial charge >= 0.3 is 0 Å². The Morgan fingerprint density at radius 1 is 1.22 bits per heavy atom. The first-order valence-electron chi connectivity index (χ1n) is 6.13. The molecule has 0 aliphatic heterocycles. The van der Waals surface area contributed by atoms with Crippen molar-refractivity contribution < 1.29 is 4.74 Å². The summed E-state index contributed by atoms with van der Waals surface area (Å²) >= 11 is 0. The van der Waals surface area contributed by atoms with Gasteiger partial charge in [-0.05, 0) is 24.6 Å². The van der Waals surface area contributed by atoms with E-state index in [9.17, 15) is 0 Å². The molecule has 3 heteroatoms. The molecule has 0 radical (unpaired) electrons. The number of benzene rings is 1. The Bertz CT molecular complexity index is 483. The lowest BCUT2D eigenvalue weighted by atomic mass is 10.1. The Kier molecular flexibility index (Phi) is 4.31. The third-order valence-electron chi connectivity index (χ3n) is 2.78. The van der Waals surface area contributed by atoms with E-state index < -0.39 is 0 Å². The topological polar surface area (TPSA) is 48.1 Å². The summed E-state index contributed by atoms with van der Waals surface area (Å²) in [6.45, 7) is 2.60. The molecule has 0 unspecified atom stereocenters. The van der Waals surface area contributed by atoms with Crippen LogP contribution in [0.15, 0.2) is 48.8 Å². The van der Waals surface area contributed by atoms with E-state index in [-0.39, 0.29) is 6.04 Å². The third-order valence-corrected chi connectivity index (χ3v) is 2.78. The van der Waals surface area contributed by atoms with E-state index in [0.717, 1.165) is 17.7 Å². The van der Waals surface area contributed by atoms with Crippen LogP contribution < -0.4 is 10.5 Å². The van der Waals surface area contributed by atoms with Crippen LogP contribution in [0.2, 0.25) is 0 Å². The predicted molar refractivity (Wildman–Crippen MR) is 72.5 cm³/mol. The normalized spacial score (nSPS) is 12.1. The monoisotopic (exact) mass is 242 g/mol. The molecule has 1 aromatic carbocycles. The number of hydrogen-bond acceptors (Lipinski definition) is 3. The Balaban J connectivity index is 1.94. The van der Waals surface area contributed by atoms with Gasteiger partial charge in [-0.25, -0.2) is 0 Å². The molecule has 0 saturated carbocycles. The molecule has 18 heavy (non-hydrogen) atoms. The summed E-state index contributed by atoms with van der Waals surface area (Å²) in [6, 6.07) is 11.9. The number of pyridine rings is 1. The van der Waals surface area contributed by atoms with Crippen LogP contribution in [-0.2, 0) is 6.42 Å². The largest absolute Gasteiger partial charge is 0.493 e. The standard InChI is InChI=1S/C15H18N2O/c1-12(16)14-6-2-3-7-15(14)18-10-8-13-5-4-9-17-11-13/h2-7,9,11-12H,8,10,16H2,1H3/t12-/m0/s1. The maximum atomic E-state index is 5.91. The fraction of sp³-hybridized carbons (Fsp3) is 0.267. The van der Waals surface area contributed by atoms with E-state index in [4.69, 9.17) is 10.5 Å². The fourth-order valence-electron chi connectivity index (χ4n) is 1.81. The second-order valence-corrected chi connectivity index (χ2v) is 4.29. The summed E-state index contributed by atoms with van der Waals surface area (Å²) in [5.41, 5.74) is 8.13. The number of rotatable bonds is 5. The molecule has 0 amide bonds. The van der Waals surface area contributed by atoms with Crippen LogP contribution in [0.4, 0.5) is 0 Å². The van der Waals surface area contributed by atoms with Gasteiger partial charge in [-0.2, -0.15) is 0 Å². The van der Waals surface area contributed by atoms with Crippen molar-refractivity contribution in [2.75, 3.05) is 6.61 Å². The van der Waals surface area contributed by atoms with E-state index in [1.54, 1.807) is 6.20 Å². The summed E-state index contributed by atoms with van der Waals surface area (Å²) in [4.78, 5) is 4.08. The molecular weight excluding hydrogens is 224 g/mol. The number of aromatic nitrogens is 1. The minimum atomic E-state index is -0.0143. The van der Waals surface area contributed by atoms with Gasteiger partial charge in [0.25, 0.3) is 0 Å². The first-order valence-corrected chi connectivity index (χ1v) is 6.13. The Morgan fingerprint density at radius 2 is 2.06 bits per heavy atom. The molecule has 2 N–H and O–H groups in total. The zero-order valence-electron chi connectivity index (χ0n) is 10.5. The highest BCUT2D eigenvalue weighted by molar-refractivity contribution is 5.35. The molecule has 2 aromatic rings. The quantitative estimate of drug-likeness (QED) is 0.877. The molecule has 0 saturated heterocycles. The van der Waals surface area contributed by atoms with Crippen molar-refractivity contribution in [1.82, 2.24) is 4.98 Å². The molecule has 0 aliphatic rings. The highest BCUT2D eigenvalue weighted by atomic mass is 16.5. The van der Waals surface area contributed by atoms with Crippen molar-refractivity contribution in [3.05, 3.63) is 59.9 Å². The van der Waals surface area contributed by atoms with Crippen LogP contribution in [0.5, 0.6) is 5.75 Å². The molecule has 1 aromatic heterocycles. The Morgan fingerprint density at radius 3 is 2.78 bits per heavy atom. The molecule has 0 bridgehead atoms. The zero-order chi connectivity index (χ0) is 12.8. The maximum absolute atomic E-state index is 5.91. The van der Waals surface area contributed by atoms with Gasteiger partial charge in [0.15, 0.2) is 0 Å². The zero-order valence-corrected chi connectivity index (χ0v) is 10.5. The number of para-hydroxylation sites is 1. The van der Waals surface area contributed by atoms with E-state index >= 15 is 0 Å². The second-order valence-electron chi connectivity index (χ2n) is 4.29. The van der Waals surface area contributed by atoms with Crippen molar-refractivity contribution in [1.29, 1.82) is 0 Å². The van der Waals surface area contributed by atoms with E-state index in [1.165, 1.54) is 5.56 Å². The van der Waals surface area contributed by atoms with E-state index in [2.05, 4.69) is 4.98 Å². The van der Waals surface area contributed by atoms with Gasteiger partial charge in [-0.1, -0.05) is 24.3 Å². The van der Waals surface area contributed by atoms with Crippen molar-refractivity contribution in [2.24, 2.45) is 5.73 Å². The minimum absolute atomic E-state index is 0.0143. The Hall–Kier alpha value is -1.87. The van der Waals surface area contributed by atoms with Crippen LogP contribution in [0.3, 0.4) is 0 Å². The van der Waals surface area contributed by atoms with Gasteiger partial charge in [-0.15, -0.1) is 0 Å². The molecule has 1 heterocycles. The van der Waals surface area contributed by atoms with Gasteiger partial charge in [0, 0.05) is 30.4 Å². The molecule has 1 atom stereocenters. The van der Waals surface area contributed by atoms with E-state index in [0.29, 0.717) is 6.61 Å². The van der Waals surface area contributed by atoms with Crippen LogP contribution in [0, 0.1) is 0 Å². The van der Waals surface area contributed by atoms with Gasteiger partial charge in [0.2, 0.25) is 0 Å². The summed E-state index contributed by atoms with van der Waals surface area (Å²) in [5.74, 6) is 0.872. The summed E-state index contributed by atoms with van der Waals surface area (Å²) in [6.07, 6.45) is 4.48. The van der Waals surface area contributed by atoms with Crippen LogP contribution in [-0.4, -0.2) is 11.6 Å². The minimum Gasteiger partial charge on any atom is -0.493 e. The molecular formula is C15H18N2O. The first-order chi connectivity index (χ1) is 8.77. The lowest BCUT2D eigenvalue weighted by Gasteiger charge is -2.13. The number of nitrogens with two attached hydrogens (primary N) is 1. The number of hydrogen-bond donors (Lipinski definition) is 1. The van der Waals surface area contributed by atoms with Crippen LogP contribution in [0.1, 0.15) is 24.1 Å². The van der Waals surface area contributed by atoms with E-state index in [1.807, 2.05) is 49.5 Å². The smallest absolute Gasteiger partial charge is 0.124 e. The summed E-state index contributed by atoms with van der Waals surface area (Å²) in [5, 5.41) is 0. The molecule has 3 nitrogen and oxygen atoms in total. The third kappa shape index (κ3) is 3.31. The average molecular weight is 242 g/mol. The molecule has 0 spiro atoms. The van der Waals surface area contributed by atoms with Crippen LogP contribution in [0.25, 0.3) is 0 Å². The fourth-order valence-corrected chi connectivity index (χ4v) is 1.81. The van der Waals surface area contributed by atoms with Crippen LogP contribution >= 0.6 is 0 Å². The lowest BCUT2D eigenvalue weighted by Crippen LogP contribution is -2.09. The highest BCUT2D eigenvalue weighted by Gasteiger charge is 2.06. The van der Waals surface area contributed by atoms with Gasteiger partial charge in [-0.3, -0.25) is 4.98 Å². The van der Waals surface area contributed by atoms with Crippen molar-refractivity contribution in [2.45, 2.75) is 19.4 Å². The molecule has 94 valence electrons. The maximum Gasteiger partial charge on any atom is 0.124 e. The second kappa shape index (κ2) is 6.17. The van der Waals surface area contributed by atoms with Crippen molar-refractivity contribution in [3.8, 4) is 5.75 Å². The highest BCUT2D eigenvalue weighted by Crippen LogP contribution is 2.23. The summed E-state index contributed by atoms with van der Waals surface area (Å²) in [7, 11) is 0. The molecule has 0 aliphatic carbocycles. The van der Waals surface area contributed by atoms with Crippen molar-refractivity contribution in [3.63, 3.8) is 0 Å². The average Bonchev–Trinajstić information content (AvgIpc) is 2.40. The first kappa shape index (κ1) is 12.6. The summed E-state index contributed by atoms with van der Waals surface area (Å²) < 4.78 is 5.79. The predicted octanol–water partition coefficient (Wildman–Crippen LogP) is 2.72. The lowest BCUT2D eigenvalue weighted by molar-refractivity contribution is 0.317. The van der Waals surface area contributed by atoms with Crippen molar-refractivity contribution >= 4 is 0 Å². The molecule has 2 rings (SSSR count). The Labute approximate surface area is 108 Å². The number of ether oxygens (including phenoxy) is 1.